The van der Waals surface area contributed by atoms with Gasteiger partial charge in [-0.3, -0.25) is 0 Å². The highest BCUT2D eigenvalue weighted by molar-refractivity contribution is 7.82. The largest absolute Gasteiger partial charge is 0.137 e. The molecule has 0 spiro atoms. The van der Waals surface area contributed by atoms with E-state index in [0.29, 0.717) is 0 Å². The summed E-state index contributed by atoms with van der Waals surface area (Å²) in [5.41, 5.74) is 1.45. The summed E-state index contributed by atoms with van der Waals surface area (Å²) in [5, 5.41) is 2.15. The van der Waals surface area contributed by atoms with Crippen LogP contribution in [0.1, 0.15) is 102 Å². The van der Waals surface area contributed by atoms with E-state index in [2.05, 4.69) is 31.0 Å². The van der Waals surface area contributed by atoms with E-state index in [1.165, 1.54) is 106 Å². The Bertz CT molecular complexity index is 343. The molecule has 2 heteroatoms. The zero-order chi connectivity index (χ0) is 15.9. The smallest absolute Gasteiger partial charge is 0.0600 e. The number of unbranched alkanes of at least 4 members (excludes halogenated alkanes) is 13. The van der Waals surface area contributed by atoms with Gasteiger partial charge in [-0.1, -0.05) is 90.4 Å². The Morgan fingerprint density at radius 2 is 1.18 bits per heavy atom. The van der Waals surface area contributed by atoms with Crippen LogP contribution in [0.25, 0.3) is 0 Å². The minimum atomic E-state index is 1.22. The van der Waals surface area contributed by atoms with E-state index in [0.717, 1.165) is 0 Å². The molecule has 0 N–H and O–H groups in total. The Morgan fingerprint density at radius 1 is 0.727 bits per heavy atom. The van der Waals surface area contributed by atoms with E-state index in [1.807, 2.05) is 0 Å². The molecule has 1 aromatic rings. The van der Waals surface area contributed by atoms with E-state index in [-0.39, 0.29) is 0 Å². The van der Waals surface area contributed by atoms with Crippen LogP contribution in [0.4, 0.5) is 0 Å². The summed E-state index contributed by atoms with van der Waals surface area (Å²) >= 11 is 6.25. The maximum absolute atomic E-state index is 4.49. The molecule has 0 saturated heterocycles. The molecule has 0 aliphatic rings. The Balaban J connectivity index is 1.74. The molecule has 0 bridgehead atoms. The van der Waals surface area contributed by atoms with Crippen molar-refractivity contribution in [2.45, 2.75) is 107 Å². The van der Waals surface area contributed by atoms with Crippen LogP contribution in [-0.4, -0.2) is 0 Å². The van der Waals surface area contributed by atoms with Gasteiger partial charge in [-0.05, 0) is 29.9 Å². The average Bonchev–Trinajstić information content (AvgIpc) is 2.93. The molecule has 0 unspecified atom stereocenters. The molecule has 0 aliphatic heterocycles. The first kappa shape index (κ1) is 20.1. The summed E-state index contributed by atoms with van der Waals surface area (Å²) < 4.78 is 1.22. The van der Waals surface area contributed by atoms with Crippen LogP contribution >= 0.6 is 24.0 Å². The van der Waals surface area contributed by atoms with Gasteiger partial charge >= 0.3 is 0 Å². The maximum atomic E-state index is 4.49. The van der Waals surface area contributed by atoms with Gasteiger partial charge in [-0.2, -0.15) is 0 Å². The molecule has 22 heavy (non-hydrogen) atoms. The molecule has 0 aliphatic carbocycles. The normalized spacial score (nSPS) is 11.2. The zero-order valence-corrected chi connectivity index (χ0v) is 16.3. The predicted molar refractivity (Wildman–Crippen MR) is 106 cm³/mol. The molecule has 0 saturated carbocycles. The van der Waals surface area contributed by atoms with Gasteiger partial charge in [0.05, 0.1) is 4.21 Å². The maximum Gasteiger partial charge on any atom is 0.0600 e. The molecule has 0 amide bonds. The van der Waals surface area contributed by atoms with E-state index in [9.17, 15) is 0 Å². The SMILES string of the molecule is CCCCCCCCCCCCCCCCc1ccsc1S. The molecule has 0 atom stereocenters. The molecule has 128 valence electrons. The van der Waals surface area contributed by atoms with Crippen molar-refractivity contribution in [1.29, 1.82) is 0 Å². The number of hydrogen-bond acceptors (Lipinski definition) is 2. The van der Waals surface area contributed by atoms with Crippen LogP contribution in [0.5, 0.6) is 0 Å². The zero-order valence-electron chi connectivity index (χ0n) is 14.6. The fraction of sp³-hybridized carbons (Fsp3) is 0.800. The van der Waals surface area contributed by atoms with Crippen molar-refractivity contribution in [3.05, 3.63) is 17.0 Å². The predicted octanol–water partition coefficient (Wildman–Crippen LogP) is 8.06. The Hall–Kier alpha value is 0.0500. The summed E-state index contributed by atoms with van der Waals surface area (Å²) in [5.74, 6) is 0. The first-order valence-electron chi connectivity index (χ1n) is 9.60. The molecule has 0 nitrogen and oxygen atoms in total. The highest BCUT2D eigenvalue weighted by atomic mass is 32.2. The summed E-state index contributed by atoms with van der Waals surface area (Å²) in [4.78, 5) is 0. The lowest BCUT2D eigenvalue weighted by molar-refractivity contribution is 0.535. The third-order valence-electron chi connectivity index (χ3n) is 4.52. The number of aryl methyl sites for hydroxylation is 1. The standard InChI is InChI=1S/C20H36S2/c1-2-3-4-5-6-7-8-9-10-11-12-13-14-15-16-19-17-18-22-20(19)21/h17-18,21H,2-16H2,1H3. The Labute approximate surface area is 148 Å². The van der Waals surface area contributed by atoms with Gasteiger partial charge in [-0.25, -0.2) is 0 Å². The fourth-order valence-electron chi connectivity index (χ4n) is 3.03. The number of thiophene rings is 1. The van der Waals surface area contributed by atoms with E-state index >= 15 is 0 Å². The fourth-order valence-corrected chi connectivity index (χ4v) is 4.08. The van der Waals surface area contributed by atoms with Gasteiger partial charge < -0.3 is 0 Å². The highest BCUT2D eigenvalue weighted by Gasteiger charge is 1.99. The van der Waals surface area contributed by atoms with Crippen LogP contribution in [0, 0.1) is 0 Å². The topological polar surface area (TPSA) is 0 Å². The van der Waals surface area contributed by atoms with Crippen LogP contribution in [0.2, 0.25) is 0 Å². The third-order valence-corrected chi connectivity index (χ3v) is 5.88. The van der Waals surface area contributed by atoms with E-state index in [4.69, 9.17) is 0 Å². The Kier molecular flexibility index (Phi) is 13.4. The summed E-state index contributed by atoms with van der Waals surface area (Å²) in [6, 6.07) is 2.23. The van der Waals surface area contributed by atoms with Gasteiger partial charge in [0, 0.05) is 0 Å². The summed E-state index contributed by atoms with van der Waals surface area (Å²) in [6.45, 7) is 2.29. The number of rotatable bonds is 15. The van der Waals surface area contributed by atoms with Crippen molar-refractivity contribution in [3.8, 4) is 0 Å². The molecular weight excluding hydrogens is 304 g/mol. The quantitative estimate of drug-likeness (QED) is 0.242. The minimum absolute atomic E-state index is 1.22. The second-order valence-corrected chi connectivity index (χ2v) is 8.26. The average molecular weight is 341 g/mol. The van der Waals surface area contributed by atoms with Crippen LogP contribution in [-0.2, 0) is 6.42 Å². The van der Waals surface area contributed by atoms with Crippen molar-refractivity contribution in [2.24, 2.45) is 0 Å². The number of thiol groups is 1. The second-order valence-electron chi connectivity index (χ2n) is 6.60. The van der Waals surface area contributed by atoms with Gasteiger partial charge in [0.1, 0.15) is 0 Å². The van der Waals surface area contributed by atoms with Gasteiger partial charge in [-0.15, -0.1) is 24.0 Å². The van der Waals surface area contributed by atoms with E-state index in [1.54, 1.807) is 11.3 Å². The highest BCUT2D eigenvalue weighted by Crippen LogP contribution is 2.22. The lowest BCUT2D eigenvalue weighted by Gasteiger charge is -2.03. The molecule has 1 rings (SSSR count). The van der Waals surface area contributed by atoms with Crippen LogP contribution in [0.15, 0.2) is 15.7 Å². The van der Waals surface area contributed by atoms with Gasteiger partial charge in [0.25, 0.3) is 0 Å². The molecule has 0 radical (unpaired) electrons. The van der Waals surface area contributed by atoms with Crippen molar-refractivity contribution in [2.75, 3.05) is 0 Å². The van der Waals surface area contributed by atoms with Crippen molar-refractivity contribution >= 4 is 24.0 Å². The minimum Gasteiger partial charge on any atom is -0.137 e. The monoisotopic (exact) mass is 340 g/mol. The first-order chi connectivity index (χ1) is 10.8. The Morgan fingerprint density at radius 3 is 1.59 bits per heavy atom. The second kappa shape index (κ2) is 14.6. The molecule has 0 aromatic carbocycles. The van der Waals surface area contributed by atoms with Crippen LogP contribution in [0.3, 0.4) is 0 Å². The van der Waals surface area contributed by atoms with Gasteiger partial charge in [0.15, 0.2) is 0 Å². The lowest BCUT2D eigenvalue weighted by Crippen LogP contribution is -1.85. The van der Waals surface area contributed by atoms with Gasteiger partial charge in [0.2, 0.25) is 0 Å². The molecule has 0 fully saturated rings. The lowest BCUT2D eigenvalue weighted by atomic mass is 10.0. The molecule has 1 aromatic heterocycles. The first-order valence-corrected chi connectivity index (χ1v) is 10.9. The van der Waals surface area contributed by atoms with Crippen molar-refractivity contribution in [1.82, 2.24) is 0 Å². The molecular formula is C20H36S2. The molecule has 1 heterocycles. The van der Waals surface area contributed by atoms with Crippen molar-refractivity contribution in [3.63, 3.8) is 0 Å². The summed E-state index contributed by atoms with van der Waals surface area (Å²) in [6.07, 6.45) is 21.3. The van der Waals surface area contributed by atoms with Crippen molar-refractivity contribution < 1.29 is 0 Å². The number of hydrogen-bond donors (Lipinski definition) is 1. The third kappa shape index (κ3) is 10.7. The summed E-state index contributed by atoms with van der Waals surface area (Å²) in [7, 11) is 0. The van der Waals surface area contributed by atoms with E-state index < -0.39 is 0 Å². The van der Waals surface area contributed by atoms with Crippen LogP contribution < -0.4 is 0 Å².